The number of hydrogen-bond acceptors (Lipinski definition) is 6. The second-order valence-corrected chi connectivity index (χ2v) is 7.69. The lowest BCUT2D eigenvalue weighted by Gasteiger charge is -2.14. The van der Waals surface area contributed by atoms with Crippen molar-refractivity contribution in [3.8, 4) is 17.2 Å². The molecule has 0 aromatic heterocycles. The van der Waals surface area contributed by atoms with Crippen molar-refractivity contribution < 1.29 is 27.4 Å². The van der Waals surface area contributed by atoms with Gasteiger partial charge in [0, 0.05) is 11.6 Å². The van der Waals surface area contributed by atoms with Crippen LogP contribution in [0.3, 0.4) is 0 Å². The molecule has 0 radical (unpaired) electrons. The largest absolute Gasteiger partial charge is 0.496 e. The van der Waals surface area contributed by atoms with Gasteiger partial charge in [-0.05, 0) is 42.3 Å². The van der Waals surface area contributed by atoms with Crippen molar-refractivity contribution in [2.24, 2.45) is 5.14 Å². The summed E-state index contributed by atoms with van der Waals surface area (Å²) < 4.78 is 39.2. The van der Waals surface area contributed by atoms with Gasteiger partial charge in [-0.15, -0.1) is 0 Å². The van der Waals surface area contributed by atoms with Crippen LogP contribution >= 0.6 is 11.6 Å². The third-order valence-electron chi connectivity index (χ3n) is 3.92. The number of sulfonamides is 1. The molecule has 0 heterocycles. The number of carbonyl (C=O) groups is 1. The quantitative estimate of drug-likeness (QED) is 0.664. The van der Waals surface area contributed by atoms with Crippen LogP contribution in [-0.4, -0.2) is 42.2 Å². The summed E-state index contributed by atoms with van der Waals surface area (Å²) in [5.74, 6) is 0.282. The summed E-state index contributed by atoms with van der Waals surface area (Å²) in [4.78, 5) is 12.2. The van der Waals surface area contributed by atoms with Gasteiger partial charge in [-0.25, -0.2) is 13.6 Å². The van der Waals surface area contributed by atoms with Crippen LogP contribution in [0.2, 0.25) is 5.02 Å². The second-order valence-electron chi connectivity index (χ2n) is 5.72. The molecule has 3 N–H and O–H groups in total. The van der Waals surface area contributed by atoms with Gasteiger partial charge in [-0.3, -0.25) is 4.79 Å². The number of halogens is 1. The summed E-state index contributed by atoms with van der Waals surface area (Å²) in [6.45, 7) is 0.230. The molecule has 2 aromatic rings. The molecule has 0 fully saturated rings. The molecular formula is C18H21ClN2O6S. The summed E-state index contributed by atoms with van der Waals surface area (Å²) in [7, 11) is 0.149. The normalized spacial score (nSPS) is 11.0. The van der Waals surface area contributed by atoms with Gasteiger partial charge in [-0.1, -0.05) is 11.6 Å². The Labute approximate surface area is 168 Å². The number of nitrogens with one attached hydrogen (secondary N) is 1. The zero-order valence-corrected chi connectivity index (χ0v) is 17.2. The molecule has 0 aliphatic carbocycles. The number of ether oxygens (including phenoxy) is 3. The first-order valence-electron chi connectivity index (χ1n) is 8.10. The maximum Gasteiger partial charge on any atom is 0.255 e. The maximum absolute atomic E-state index is 12.4. The van der Waals surface area contributed by atoms with E-state index in [1.54, 1.807) is 18.2 Å². The highest BCUT2D eigenvalue weighted by atomic mass is 35.5. The van der Waals surface area contributed by atoms with Crippen LogP contribution in [-0.2, 0) is 16.4 Å². The van der Waals surface area contributed by atoms with E-state index < -0.39 is 10.0 Å². The van der Waals surface area contributed by atoms with E-state index in [0.717, 1.165) is 0 Å². The summed E-state index contributed by atoms with van der Waals surface area (Å²) in [6, 6.07) is 7.74. The predicted octanol–water partition coefficient (Wildman–Crippen LogP) is 1.99. The predicted molar refractivity (Wildman–Crippen MR) is 105 cm³/mol. The number of rotatable bonds is 8. The Bertz CT molecular complexity index is 978. The van der Waals surface area contributed by atoms with Crippen molar-refractivity contribution in [1.82, 2.24) is 5.32 Å². The molecule has 1 amide bonds. The number of carbonyl (C=O) groups excluding carboxylic acids is 1. The Balaban J connectivity index is 2.19. The number of primary sulfonamides is 1. The highest BCUT2D eigenvalue weighted by Crippen LogP contribution is 2.35. The van der Waals surface area contributed by atoms with E-state index in [0.29, 0.717) is 28.3 Å². The van der Waals surface area contributed by atoms with Crippen molar-refractivity contribution >= 4 is 27.5 Å². The van der Waals surface area contributed by atoms with E-state index in [4.69, 9.17) is 31.0 Å². The number of methoxy groups -OCH3 is 3. The van der Waals surface area contributed by atoms with Crippen LogP contribution in [0.15, 0.2) is 35.2 Å². The Morgan fingerprint density at radius 3 is 2.32 bits per heavy atom. The molecule has 10 heteroatoms. The number of hydrogen-bond donors (Lipinski definition) is 2. The number of amides is 1. The minimum absolute atomic E-state index is 0.0291. The lowest BCUT2D eigenvalue weighted by Crippen LogP contribution is -2.26. The fraction of sp³-hybridized carbons (Fsp3) is 0.278. The standard InChI is InChI=1S/C18H21ClN2O6S/c1-25-14-5-4-12(19)10-13(14)18(22)21-7-6-11-8-15(26-2)17(27-3)16(9-11)28(20,23)24/h4-5,8-10H,6-7H2,1-3H3,(H,21,22)(H2,20,23,24). The Kier molecular flexibility index (Phi) is 7.11. The summed E-state index contributed by atoms with van der Waals surface area (Å²) in [5, 5.41) is 8.41. The second kappa shape index (κ2) is 9.13. The summed E-state index contributed by atoms with van der Waals surface area (Å²) in [5.41, 5.74) is 0.896. The maximum atomic E-state index is 12.4. The molecule has 2 rings (SSSR count). The average Bonchev–Trinajstić information content (AvgIpc) is 2.66. The van der Waals surface area contributed by atoms with E-state index in [1.165, 1.54) is 33.5 Å². The average molecular weight is 429 g/mol. The molecule has 2 aromatic carbocycles. The molecule has 0 atom stereocenters. The van der Waals surface area contributed by atoms with E-state index in [1.807, 2.05) is 0 Å². The topological polar surface area (TPSA) is 117 Å². The van der Waals surface area contributed by atoms with Gasteiger partial charge >= 0.3 is 0 Å². The van der Waals surface area contributed by atoms with Gasteiger partial charge < -0.3 is 19.5 Å². The molecule has 152 valence electrons. The molecule has 0 spiro atoms. The van der Waals surface area contributed by atoms with Gasteiger partial charge in [0.05, 0.1) is 26.9 Å². The molecular weight excluding hydrogens is 408 g/mol. The summed E-state index contributed by atoms with van der Waals surface area (Å²) in [6.07, 6.45) is 0.331. The number of benzene rings is 2. The van der Waals surface area contributed by atoms with E-state index in [2.05, 4.69) is 5.32 Å². The monoisotopic (exact) mass is 428 g/mol. The number of nitrogens with two attached hydrogens (primary N) is 1. The molecule has 0 saturated carbocycles. The third-order valence-corrected chi connectivity index (χ3v) is 5.07. The molecule has 0 aliphatic heterocycles. The van der Waals surface area contributed by atoms with Gasteiger partial charge in [-0.2, -0.15) is 0 Å². The molecule has 0 aliphatic rings. The fourth-order valence-corrected chi connectivity index (χ4v) is 3.54. The zero-order chi connectivity index (χ0) is 20.9. The lowest BCUT2D eigenvalue weighted by molar-refractivity contribution is 0.0951. The highest BCUT2D eigenvalue weighted by molar-refractivity contribution is 7.89. The fourth-order valence-electron chi connectivity index (χ4n) is 2.61. The zero-order valence-electron chi connectivity index (χ0n) is 15.6. The lowest BCUT2D eigenvalue weighted by atomic mass is 10.1. The van der Waals surface area contributed by atoms with Gasteiger partial charge in [0.25, 0.3) is 5.91 Å². The molecule has 28 heavy (non-hydrogen) atoms. The van der Waals surface area contributed by atoms with Crippen molar-refractivity contribution in [2.45, 2.75) is 11.3 Å². The van der Waals surface area contributed by atoms with Crippen LogP contribution in [0.4, 0.5) is 0 Å². The van der Waals surface area contributed by atoms with Crippen molar-refractivity contribution in [3.63, 3.8) is 0 Å². The molecule has 0 saturated heterocycles. The molecule has 0 unspecified atom stereocenters. The van der Waals surface area contributed by atoms with E-state index in [9.17, 15) is 13.2 Å². The van der Waals surface area contributed by atoms with Crippen LogP contribution in [0.25, 0.3) is 0 Å². The minimum atomic E-state index is -4.02. The summed E-state index contributed by atoms with van der Waals surface area (Å²) >= 11 is 5.94. The SMILES string of the molecule is COc1ccc(Cl)cc1C(=O)NCCc1cc(OC)c(OC)c(S(N)(=O)=O)c1. The third kappa shape index (κ3) is 5.06. The first kappa shape index (κ1) is 21.8. The first-order valence-corrected chi connectivity index (χ1v) is 10.0. The first-order chi connectivity index (χ1) is 13.2. The van der Waals surface area contributed by atoms with Crippen LogP contribution in [0.1, 0.15) is 15.9 Å². The van der Waals surface area contributed by atoms with Crippen molar-refractivity contribution in [3.05, 3.63) is 46.5 Å². The van der Waals surface area contributed by atoms with Crippen molar-refractivity contribution in [1.29, 1.82) is 0 Å². The van der Waals surface area contributed by atoms with Crippen LogP contribution in [0.5, 0.6) is 17.2 Å². The Morgan fingerprint density at radius 2 is 1.75 bits per heavy atom. The van der Waals surface area contributed by atoms with Crippen LogP contribution in [0, 0.1) is 0 Å². The van der Waals surface area contributed by atoms with Gasteiger partial charge in [0.15, 0.2) is 11.5 Å². The Morgan fingerprint density at radius 1 is 1.07 bits per heavy atom. The van der Waals surface area contributed by atoms with Crippen molar-refractivity contribution in [2.75, 3.05) is 27.9 Å². The molecule has 0 bridgehead atoms. The Hall–Kier alpha value is -2.49. The highest BCUT2D eigenvalue weighted by Gasteiger charge is 2.21. The van der Waals surface area contributed by atoms with Gasteiger partial charge in [0.2, 0.25) is 10.0 Å². The minimum Gasteiger partial charge on any atom is -0.496 e. The van der Waals surface area contributed by atoms with E-state index >= 15 is 0 Å². The van der Waals surface area contributed by atoms with E-state index in [-0.39, 0.29) is 28.8 Å². The molecule has 8 nitrogen and oxygen atoms in total. The smallest absolute Gasteiger partial charge is 0.255 e. The van der Waals surface area contributed by atoms with Gasteiger partial charge in [0.1, 0.15) is 10.6 Å². The van der Waals surface area contributed by atoms with Crippen LogP contribution < -0.4 is 24.7 Å².